The van der Waals surface area contributed by atoms with E-state index in [9.17, 15) is 14.0 Å². The first-order valence-corrected chi connectivity index (χ1v) is 5.54. The lowest BCUT2D eigenvalue weighted by molar-refractivity contribution is -0.124. The molecule has 1 aromatic rings. The van der Waals surface area contributed by atoms with E-state index in [1.54, 1.807) is 21.0 Å². The standard InChI is InChI=1S/C12H16FN3O2/c1-8(11(17)14-2)7-16(3)12(18)9-4-5-10(13)15-6-9/h4-6,8H,7H2,1-3H3,(H,14,17). The van der Waals surface area contributed by atoms with E-state index >= 15 is 0 Å². The van der Waals surface area contributed by atoms with Crippen molar-refractivity contribution in [2.45, 2.75) is 6.92 Å². The molecule has 2 amide bonds. The molecule has 1 heterocycles. The number of pyridine rings is 1. The second-order valence-corrected chi connectivity index (χ2v) is 4.07. The Morgan fingerprint density at radius 2 is 2.17 bits per heavy atom. The normalized spacial score (nSPS) is 11.8. The second-order valence-electron chi connectivity index (χ2n) is 4.07. The highest BCUT2D eigenvalue weighted by Gasteiger charge is 2.18. The molecule has 0 aliphatic rings. The van der Waals surface area contributed by atoms with Gasteiger partial charge in [0.2, 0.25) is 11.9 Å². The van der Waals surface area contributed by atoms with E-state index in [1.165, 1.54) is 17.2 Å². The largest absolute Gasteiger partial charge is 0.359 e. The first kappa shape index (κ1) is 14.1. The molecule has 1 aromatic heterocycles. The van der Waals surface area contributed by atoms with E-state index in [0.717, 1.165) is 6.07 Å². The van der Waals surface area contributed by atoms with Crippen molar-refractivity contribution in [3.8, 4) is 0 Å². The van der Waals surface area contributed by atoms with Gasteiger partial charge >= 0.3 is 0 Å². The van der Waals surface area contributed by atoms with Crippen LogP contribution >= 0.6 is 0 Å². The van der Waals surface area contributed by atoms with Crippen LogP contribution in [-0.4, -0.2) is 42.3 Å². The number of aromatic nitrogens is 1. The van der Waals surface area contributed by atoms with Crippen LogP contribution in [0.1, 0.15) is 17.3 Å². The number of amides is 2. The van der Waals surface area contributed by atoms with Crippen molar-refractivity contribution in [3.63, 3.8) is 0 Å². The van der Waals surface area contributed by atoms with E-state index in [4.69, 9.17) is 0 Å². The molecule has 0 fully saturated rings. The Morgan fingerprint density at radius 3 is 2.67 bits per heavy atom. The third-order valence-corrected chi connectivity index (χ3v) is 2.56. The van der Waals surface area contributed by atoms with Gasteiger partial charge in [-0.1, -0.05) is 6.92 Å². The summed E-state index contributed by atoms with van der Waals surface area (Å²) in [6, 6.07) is 2.50. The van der Waals surface area contributed by atoms with Crippen LogP contribution in [0.2, 0.25) is 0 Å². The van der Waals surface area contributed by atoms with Crippen molar-refractivity contribution in [2.75, 3.05) is 20.6 Å². The predicted molar refractivity (Wildman–Crippen MR) is 64.4 cm³/mol. The smallest absolute Gasteiger partial charge is 0.255 e. The van der Waals surface area contributed by atoms with E-state index in [1.807, 2.05) is 0 Å². The molecule has 0 spiro atoms. The Morgan fingerprint density at radius 1 is 1.50 bits per heavy atom. The molecule has 1 atom stereocenters. The Labute approximate surface area is 105 Å². The van der Waals surface area contributed by atoms with Crippen LogP contribution in [0, 0.1) is 11.9 Å². The highest BCUT2D eigenvalue weighted by molar-refractivity contribution is 5.94. The summed E-state index contributed by atoms with van der Waals surface area (Å²) in [6.07, 6.45) is 1.18. The van der Waals surface area contributed by atoms with Gasteiger partial charge in [-0.25, -0.2) is 4.98 Å². The number of rotatable bonds is 4. The zero-order valence-corrected chi connectivity index (χ0v) is 10.6. The molecule has 0 bridgehead atoms. The lowest BCUT2D eigenvalue weighted by Gasteiger charge is -2.20. The Balaban J connectivity index is 2.67. The van der Waals surface area contributed by atoms with Crippen molar-refractivity contribution in [1.82, 2.24) is 15.2 Å². The molecule has 6 heteroatoms. The number of hydrogen-bond acceptors (Lipinski definition) is 3. The first-order chi connectivity index (χ1) is 8.45. The average molecular weight is 253 g/mol. The first-order valence-electron chi connectivity index (χ1n) is 5.54. The fraction of sp³-hybridized carbons (Fsp3) is 0.417. The van der Waals surface area contributed by atoms with Gasteiger partial charge in [-0.05, 0) is 12.1 Å². The Hall–Kier alpha value is -1.98. The topological polar surface area (TPSA) is 62.3 Å². The van der Waals surface area contributed by atoms with Gasteiger partial charge in [-0.2, -0.15) is 4.39 Å². The Kier molecular flexibility index (Phi) is 4.76. The third-order valence-electron chi connectivity index (χ3n) is 2.56. The summed E-state index contributed by atoms with van der Waals surface area (Å²) in [5.41, 5.74) is 0.294. The Bertz CT molecular complexity index is 433. The maximum absolute atomic E-state index is 12.6. The van der Waals surface area contributed by atoms with Crippen molar-refractivity contribution >= 4 is 11.8 Å². The molecule has 0 saturated heterocycles. The molecule has 1 N–H and O–H groups in total. The number of nitrogens with zero attached hydrogens (tertiary/aromatic N) is 2. The summed E-state index contributed by atoms with van der Waals surface area (Å²) in [5.74, 6) is -1.37. The van der Waals surface area contributed by atoms with Crippen LogP contribution in [0.3, 0.4) is 0 Å². The molecular formula is C12H16FN3O2. The summed E-state index contributed by atoms with van der Waals surface area (Å²) in [7, 11) is 3.13. The fourth-order valence-electron chi connectivity index (χ4n) is 1.55. The van der Waals surface area contributed by atoms with Gasteiger partial charge in [-0.15, -0.1) is 0 Å². The summed E-state index contributed by atoms with van der Waals surface area (Å²) >= 11 is 0. The van der Waals surface area contributed by atoms with Gasteiger partial charge in [0.25, 0.3) is 5.91 Å². The molecule has 1 rings (SSSR count). The van der Waals surface area contributed by atoms with Gasteiger partial charge < -0.3 is 10.2 Å². The van der Waals surface area contributed by atoms with Gasteiger partial charge in [-0.3, -0.25) is 9.59 Å². The molecule has 1 unspecified atom stereocenters. The minimum atomic E-state index is -0.632. The molecule has 98 valence electrons. The average Bonchev–Trinajstić information content (AvgIpc) is 2.37. The number of carbonyl (C=O) groups is 2. The molecular weight excluding hydrogens is 237 g/mol. The van der Waals surface area contributed by atoms with Crippen molar-refractivity contribution < 1.29 is 14.0 Å². The van der Waals surface area contributed by atoms with Crippen LogP contribution in [0.4, 0.5) is 4.39 Å². The van der Waals surface area contributed by atoms with E-state index < -0.39 is 5.95 Å². The zero-order valence-electron chi connectivity index (χ0n) is 10.6. The maximum atomic E-state index is 12.6. The van der Waals surface area contributed by atoms with Crippen LogP contribution < -0.4 is 5.32 Å². The molecule has 18 heavy (non-hydrogen) atoms. The summed E-state index contributed by atoms with van der Waals surface area (Å²) in [5, 5.41) is 2.52. The minimum absolute atomic E-state index is 0.133. The highest BCUT2D eigenvalue weighted by Crippen LogP contribution is 2.06. The minimum Gasteiger partial charge on any atom is -0.359 e. The van der Waals surface area contributed by atoms with E-state index in [-0.39, 0.29) is 24.3 Å². The quantitative estimate of drug-likeness (QED) is 0.802. The molecule has 0 radical (unpaired) electrons. The van der Waals surface area contributed by atoms with Crippen LogP contribution in [0.5, 0.6) is 0 Å². The van der Waals surface area contributed by atoms with Gasteiger partial charge in [0.05, 0.1) is 11.5 Å². The van der Waals surface area contributed by atoms with Crippen molar-refractivity contribution in [1.29, 1.82) is 0 Å². The number of nitrogens with one attached hydrogen (secondary N) is 1. The molecule has 0 saturated carbocycles. The van der Waals surface area contributed by atoms with Gasteiger partial charge in [0.1, 0.15) is 0 Å². The third kappa shape index (κ3) is 3.51. The number of hydrogen-bond donors (Lipinski definition) is 1. The summed E-state index contributed by atoms with van der Waals surface area (Å²) in [6.45, 7) is 2.02. The second kappa shape index (κ2) is 6.09. The fourth-order valence-corrected chi connectivity index (χ4v) is 1.55. The summed E-state index contributed by atoms with van der Waals surface area (Å²) < 4.78 is 12.6. The number of halogens is 1. The lowest BCUT2D eigenvalue weighted by atomic mass is 10.1. The van der Waals surface area contributed by atoms with Gasteiger partial charge in [0, 0.05) is 26.8 Å². The molecule has 5 nitrogen and oxygen atoms in total. The summed E-state index contributed by atoms with van der Waals surface area (Å²) in [4.78, 5) is 28.1. The van der Waals surface area contributed by atoms with E-state index in [2.05, 4.69) is 10.3 Å². The monoisotopic (exact) mass is 253 g/mol. The maximum Gasteiger partial charge on any atom is 0.255 e. The highest BCUT2D eigenvalue weighted by atomic mass is 19.1. The molecule has 0 aromatic carbocycles. The van der Waals surface area contributed by atoms with Crippen molar-refractivity contribution in [3.05, 3.63) is 29.8 Å². The van der Waals surface area contributed by atoms with Crippen LogP contribution in [0.15, 0.2) is 18.3 Å². The zero-order chi connectivity index (χ0) is 13.7. The van der Waals surface area contributed by atoms with Crippen molar-refractivity contribution in [2.24, 2.45) is 5.92 Å². The molecule has 0 aliphatic heterocycles. The number of carbonyl (C=O) groups excluding carboxylic acids is 2. The molecule has 0 aliphatic carbocycles. The van der Waals surface area contributed by atoms with Crippen LogP contribution in [0.25, 0.3) is 0 Å². The lowest BCUT2D eigenvalue weighted by Crippen LogP contribution is -2.37. The van der Waals surface area contributed by atoms with Gasteiger partial charge in [0.15, 0.2) is 0 Å². The van der Waals surface area contributed by atoms with E-state index in [0.29, 0.717) is 5.56 Å². The SMILES string of the molecule is CNC(=O)C(C)CN(C)C(=O)c1ccc(F)nc1. The van der Waals surface area contributed by atoms with Crippen LogP contribution in [-0.2, 0) is 4.79 Å². The predicted octanol–water partition coefficient (Wildman–Crippen LogP) is 0.675.